The zero-order valence-electron chi connectivity index (χ0n) is 8.44. The predicted molar refractivity (Wildman–Crippen MR) is 59.2 cm³/mol. The van der Waals surface area contributed by atoms with Gasteiger partial charge in [-0.25, -0.2) is 0 Å². The zero-order valence-corrected chi connectivity index (χ0v) is 8.44. The molecule has 1 unspecified atom stereocenters. The van der Waals surface area contributed by atoms with Crippen LogP contribution in [0.4, 0.5) is 0 Å². The van der Waals surface area contributed by atoms with Gasteiger partial charge < -0.3 is 5.32 Å². The van der Waals surface area contributed by atoms with Crippen LogP contribution in [0.25, 0.3) is 10.8 Å². The van der Waals surface area contributed by atoms with Gasteiger partial charge in [-0.1, -0.05) is 24.3 Å². The molecular formula is C12H11N3. The Bertz CT molecular complexity index is 508. The van der Waals surface area contributed by atoms with E-state index in [0.717, 1.165) is 16.3 Å². The highest BCUT2D eigenvalue weighted by molar-refractivity contribution is 5.85. The molecule has 0 saturated carbocycles. The van der Waals surface area contributed by atoms with E-state index in [9.17, 15) is 0 Å². The molecule has 1 heterocycles. The van der Waals surface area contributed by atoms with Crippen LogP contribution < -0.4 is 5.32 Å². The minimum atomic E-state index is -0.302. The van der Waals surface area contributed by atoms with E-state index in [1.807, 2.05) is 30.5 Å². The fourth-order valence-corrected chi connectivity index (χ4v) is 1.66. The van der Waals surface area contributed by atoms with Crippen LogP contribution >= 0.6 is 0 Å². The number of nitrogens with one attached hydrogen (secondary N) is 1. The molecule has 1 atom stereocenters. The Labute approximate surface area is 88.4 Å². The molecule has 1 aromatic heterocycles. The van der Waals surface area contributed by atoms with Crippen LogP contribution in [0, 0.1) is 11.3 Å². The maximum atomic E-state index is 9.00. The number of fused-ring (bicyclic) bond motifs is 1. The van der Waals surface area contributed by atoms with Crippen LogP contribution in [0.15, 0.2) is 36.7 Å². The van der Waals surface area contributed by atoms with Gasteiger partial charge in [0.25, 0.3) is 0 Å². The molecule has 74 valence electrons. The third-order valence-electron chi connectivity index (χ3n) is 2.43. The Morgan fingerprint density at radius 2 is 2.13 bits per heavy atom. The Hall–Kier alpha value is -1.92. The van der Waals surface area contributed by atoms with Crippen LogP contribution in [-0.2, 0) is 0 Å². The largest absolute Gasteiger partial charge is 0.301 e. The van der Waals surface area contributed by atoms with Gasteiger partial charge in [0.15, 0.2) is 0 Å². The first kappa shape index (κ1) is 9.63. The lowest BCUT2D eigenvalue weighted by molar-refractivity contribution is 0.729. The quantitative estimate of drug-likeness (QED) is 0.801. The molecule has 1 N–H and O–H groups in total. The van der Waals surface area contributed by atoms with Gasteiger partial charge in [-0.05, 0) is 12.4 Å². The number of aromatic nitrogens is 1. The second-order valence-electron chi connectivity index (χ2n) is 3.30. The molecule has 0 aliphatic heterocycles. The normalized spacial score (nSPS) is 12.3. The van der Waals surface area contributed by atoms with Crippen LogP contribution in [0.1, 0.15) is 11.6 Å². The SMILES string of the molecule is CNC(C#N)c1cncc2ccccc12. The standard InChI is InChI=1S/C12H11N3/c1-14-12(6-13)11-8-15-7-9-4-2-3-5-10(9)11/h2-5,7-8,12,14H,1H3. The molecule has 0 saturated heterocycles. The number of pyridine rings is 1. The summed E-state index contributed by atoms with van der Waals surface area (Å²) >= 11 is 0. The lowest BCUT2D eigenvalue weighted by Gasteiger charge is -2.10. The Morgan fingerprint density at radius 1 is 1.33 bits per heavy atom. The number of nitriles is 1. The molecule has 1 aromatic carbocycles. The van der Waals surface area contributed by atoms with Gasteiger partial charge in [-0.3, -0.25) is 4.98 Å². The minimum absolute atomic E-state index is 0.302. The van der Waals surface area contributed by atoms with Crippen molar-refractivity contribution in [3.05, 3.63) is 42.2 Å². The third kappa shape index (κ3) is 1.67. The maximum absolute atomic E-state index is 9.00. The van der Waals surface area contributed by atoms with E-state index in [1.165, 1.54) is 0 Å². The second kappa shape index (κ2) is 4.07. The van der Waals surface area contributed by atoms with Gasteiger partial charge in [-0.2, -0.15) is 5.26 Å². The highest BCUT2D eigenvalue weighted by atomic mass is 14.9. The van der Waals surface area contributed by atoms with E-state index in [1.54, 1.807) is 13.2 Å². The molecule has 3 heteroatoms. The topological polar surface area (TPSA) is 48.7 Å². The molecule has 0 spiro atoms. The zero-order chi connectivity index (χ0) is 10.7. The Kier molecular flexibility index (Phi) is 2.61. The number of nitrogens with zero attached hydrogens (tertiary/aromatic N) is 2. The molecule has 0 amide bonds. The summed E-state index contributed by atoms with van der Waals surface area (Å²) in [6.07, 6.45) is 3.55. The van der Waals surface area contributed by atoms with Crippen molar-refractivity contribution in [3.8, 4) is 6.07 Å². The third-order valence-corrected chi connectivity index (χ3v) is 2.43. The van der Waals surface area contributed by atoms with Crippen molar-refractivity contribution in [3.63, 3.8) is 0 Å². The van der Waals surface area contributed by atoms with Crippen molar-refractivity contribution in [2.24, 2.45) is 0 Å². The first-order valence-corrected chi connectivity index (χ1v) is 4.76. The van der Waals surface area contributed by atoms with Crippen LogP contribution in [0.2, 0.25) is 0 Å². The predicted octanol–water partition coefficient (Wildman–Crippen LogP) is 2.02. The van der Waals surface area contributed by atoms with E-state index in [2.05, 4.69) is 16.4 Å². The van der Waals surface area contributed by atoms with Crippen LogP contribution in [-0.4, -0.2) is 12.0 Å². The molecule has 0 aliphatic carbocycles. The van der Waals surface area contributed by atoms with Crippen molar-refractivity contribution in [1.82, 2.24) is 10.3 Å². The molecular weight excluding hydrogens is 186 g/mol. The summed E-state index contributed by atoms with van der Waals surface area (Å²) in [6, 6.07) is 9.85. The highest BCUT2D eigenvalue weighted by Crippen LogP contribution is 2.22. The summed E-state index contributed by atoms with van der Waals surface area (Å²) in [5.74, 6) is 0. The Morgan fingerprint density at radius 3 is 2.87 bits per heavy atom. The maximum Gasteiger partial charge on any atom is 0.123 e. The molecule has 0 aliphatic rings. The fraction of sp³-hybridized carbons (Fsp3) is 0.167. The highest BCUT2D eigenvalue weighted by Gasteiger charge is 2.10. The molecule has 3 nitrogen and oxygen atoms in total. The lowest BCUT2D eigenvalue weighted by atomic mass is 10.0. The number of rotatable bonds is 2. The Balaban J connectivity index is 2.66. The monoisotopic (exact) mass is 197 g/mol. The van der Waals surface area contributed by atoms with Gasteiger partial charge >= 0.3 is 0 Å². The average Bonchev–Trinajstić information content (AvgIpc) is 2.31. The van der Waals surface area contributed by atoms with Gasteiger partial charge in [0, 0.05) is 23.3 Å². The average molecular weight is 197 g/mol. The number of hydrogen-bond acceptors (Lipinski definition) is 3. The number of hydrogen-bond donors (Lipinski definition) is 1. The van der Waals surface area contributed by atoms with Crippen molar-refractivity contribution in [1.29, 1.82) is 5.26 Å². The molecule has 2 rings (SSSR count). The first-order chi connectivity index (χ1) is 7.36. The summed E-state index contributed by atoms with van der Waals surface area (Å²) < 4.78 is 0. The van der Waals surface area contributed by atoms with Crippen molar-refractivity contribution >= 4 is 10.8 Å². The second-order valence-corrected chi connectivity index (χ2v) is 3.30. The van der Waals surface area contributed by atoms with Gasteiger partial charge in [0.1, 0.15) is 6.04 Å². The summed E-state index contributed by atoms with van der Waals surface area (Å²) in [5.41, 5.74) is 0.929. The van der Waals surface area contributed by atoms with Crippen molar-refractivity contribution in [2.45, 2.75) is 6.04 Å². The molecule has 0 bridgehead atoms. The summed E-state index contributed by atoms with van der Waals surface area (Å²) in [6.45, 7) is 0. The van der Waals surface area contributed by atoms with E-state index in [0.29, 0.717) is 0 Å². The fourth-order valence-electron chi connectivity index (χ4n) is 1.66. The van der Waals surface area contributed by atoms with Crippen molar-refractivity contribution in [2.75, 3.05) is 7.05 Å². The summed E-state index contributed by atoms with van der Waals surface area (Å²) in [4.78, 5) is 4.14. The molecule has 15 heavy (non-hydrogen) atoms. The molecule has 0 fully saturated rings. The van der Waals surface area contributed by atoms with Crippen LogP contribution in [0.3, 0.4) is 0 Å². The van der Waals surface area contributed by atoms with E-state index >= 15 is 0 Å². The first-order valence-electron chi connectivity index (χ1n) is 4.76. The lowest BCUT2D eigenvalue weighted by Crippen LogP contribution is -2.14. The smallest absolute Gasteiger partial charge is 0.123 e. The van der Waals surface area contributed by atoms with E-state index in [-0.39, 0.29) is 6.04 Å². The molecule has 0 radical (unpaired) electrons. The minimum Gasteiger partial charge on any atom is -0.301 e. The molecule has 2 aromatic rings. The van der Waals surface area contributed by atoms with Crippen LogP contribution in [0.5, 0.6) is 0 Å². The number of benzene rings is 1. The van der Waals surface area contributed by atoms with E-state index < -0.39 is 0 Å². The van der Waals surface area contributed by atoms with E-state index in [4.69, 9.17) is 5.26 Å². The summed E-state index contributed by atoms with van der Waals surface area (Å²) in [5, 5.41) is 14.1. The van der Waals surface area contributed by atoms with Gasteiger partial charge in [-0.15, -0.1) is 0 Å². The van der Waals surface area contributed by atoms with Gasteiger partial charge in [0.2, 0.25) is 0 Å². The van der Waals surface area contributed by atoms with Gasteiger partial charge in [0.05, 0.1) is 6.07 Å². The summed E-state index contributed by atoms with van der Waals surface area (Å²) in [7, 11) is 1.77. The van der Waals surface area contributed by atoms with Crippen molar-refractivity contribution < 1.29 is 0 Å².